The van der Waals surface area contributed by atoms with E-state index in [2.05, 4.69) is 0 Å². The van der Waals surface area contributed by atoms with E-state index < -0.39 is 30.9 Å². The largest absolute Gasteiger partial charge is 0.339 e. The van der Waals surface area contributed by atoms with Gasteiger partial charge >= 0.3 is 0 Å². The Bertz CT molecular complexity index is 1180. The standard InChI is InChI=1S/C22H25FN2O5S2/c23-18-5-9-19(10-6-18)31(27,28)20-11-15-24(16-12-20)22(26)17-3-7-21(8-4-17)32(29,30)25-13-1-2-14-25/h3-10,20H,1-2,11-16H2. The highest BCUT2D eigenvalue weighted by molar-refractivity contribution is 7.92. The summed E-state index contributed by atoms with van der Waals surface area (Å²) in [7, 11) is -7.14. The van der Waals surface area contributed by atoms with Gasteiger partial charge < -0.3 is 4.90 Å². The summed E-state index contributed by atoms with van der Waals surface area (Å²) < 4.78 is 65.4. The van der Waals surface area contributed by atoms with E-state index in [0.29, 0.717) is 18.7 Å². The second-order valence-electron chi connectivity index (χ2n) is 8.13. The number of nitrogens with zero attached hydrogens (tertiary/aromatic N) is 2. The molecule has 10 heteroatoms. The van der Waals surface area contributed by atoms with Gasteiger partial charge in [-0.15, -0.1) is 0 Å². The van der Waals surface area contributed by atoms with Gasteiger partial charge in [0.15, 0.2) is 9.84 Å². The molecule has 1 amide bonds. The van der Waals surface area contributed by atoms with Gasteiger partial charge in [-0.1, -0.05) is 0 Å². The zero-order chi connectivity index (χ0) is 22.9. The number of sulfonamides is 1. The van der Waals surface area contributed by atoms with Crippen LogP contribution in [-0.4, -0.2) is 63.4 Å². The lowest BCUT2D eigenvalue weighted by molar-refractivity contribution is 0.0725. The van der Waals surface area contributed by atoms with Gasteiger partial charge in [-0.25, -0.2) is 21.2 Å². The average Bonchev–Trinajstić information content (AvgIpc) is 3.35. The number of rotatable bonds is 5. The van der Waals surface area contributed by atoms with Crippen molar-refractivity contribution in [3.05, 3.63) is 59.9 Å². The first-order valence-corrected chi connectivity index (χ1v) is 13.6. The van der Waals surface area contributed by atoms with Crippen molar-refractivity contribution in [2.45, 2.75) is 40.7 Å². The maximum Gasteiger partial charge on any atom is 0.253 e. The molecule has 32 heavy (non-hydrogen) atoms. The number of hydrogen-bond donors (Lipinski definition) is 0. The highest BCUT2D eigenvalue weighted by atomic mass is 32.2. The Morgan fingerprint density at radius 1 is 0.781 bits per heavy atom. The van der Waals surface area contributed by atoms with Gasteiger partial charge in [0.05, 0.1) is 15.0 Å². The average molecular weight is 481 g/mol. The van der Waals surface area contributed by atoms with E-state index in [0.717, 1.165) is 25.0 Å². The number of halogens is 1. The van der Waals surface area contributed by atoms with Crippen molar-refractivity contribution in [2.24, 2.45) is 0 Å². The van der Waals surface area contributed by atoms with Crippen molar-refractivity contribution in [1.82, 2.24) is 9.21 Å². The molecule has 0 N–H and O–H groups in total. The quantitative estimate of drug-likeness (QED) is 0.614. The Morgan fingerprint density at radius 3 is 1.88 bits per heavy atom. The molecule has 7 nitrogen and oxygen atoms in total. The molecule has 0 aromatic heterocycles. The molecule has 0 radical (unpaired) electrons. The molecule has 4 rings (SSSR count). The molecule has 0 unspecified atom stereocenters. The van der Waals surface area contributed by atoms with Crippen molar-refractivity contribution >= 4 is 25.8 Å². The van der Waals surface area contributed by atoms with Gasteiger partial charge in [-0.05, 0) is 74.2 Å². The highest BCUT2D eigenvalue weighted by Gasteiger charge is 2.33. The maximum atomic E-state index is 13.1. The Labute approximate surface area is 187 Å². The van der Waals surface area contributed by atoms with E-state index in [1.807, 2.05) is 0 Å². The van der Waals surface area contributed by atoms with Gasteiger partial charge in [0.2, 0.25) is 10.0 Å². The van der Waals surface area contributed by atoms with Crippen LogP contribution in [0.5, 0.6) is 0 Å². The number of piperidine rings is 1. The van der Waals surface area contributed by atoms with Crippen LogP contribution in [-0.2, 0) is 19.9 Å². The molecule has 2 aromatic carbocycles. The molecule has 0 spiro atoms. The van der Waals surface area contributed by atoms with Crippen molar-refractivity contribution < 1.29 is 26.0 Å². The molecule has 172 valence electrons. The molecule has 2 aliphatic rings. The van der Waals surface area contributed by atoms with Crippen molar-refractivity contribution in [1.29, 1.82) is 0 Å². The molecule has 0 aliphatic carbocycles. The summed E-state index contributed by atoms with van der Waals surface area (Å²) in [6.07, 6.45) is 2.27. The number of amides is 1. The summed E-state index contributed by atoms with van der Waals surface area (Å²) in [6, 6.07) is 10.7. The van der Waals surface area contributed by atoms with Crippen molar-refractivity contribution in [3.63, 3.8) is 0 Å². The molecule has 2 saturated heterocycles. The van der Waals surface area contributed by atoms with E-state index >= 15 is 0 Å². The molecule has 2 aromatic rings. The maximum absolute atomic E-state index is 13.1. The summed E-state index contributed by atoms with van der Waals surface area (Å²) in [5.41, 5.74) is 0.366. The molecule has 2 aliphatic heterocycles. The second-order valence-corrected chi connectivity index (χ2v) is 12.3. The monoisotopic (exact) mass is 480 g/mol. The SMILES string of the molecule is O=C(c1ccc(S(=O)(=O)N2CCCC2)cc1)N1CCC(S(=O)(=O)c2ccc(F)cc2)CC1. The van der Waals surface area contributed by atoms with Crippen LogP contribution in [0.3, 0.4) is 0 Å². The van der Waals surface area contributed by atoms with Gasteiger partial charge in [0, 0.05) is 31.7 Å². The predicted octanol–water partition coefficient (Wildman–Crippen LogP) is 2.69. The topological polar surface area (TPSA) is 91.8 Å². The van der Waals surface area contributed by atoms with Crippen LogP contribution in [0.25, 0.3) is 0 Å². The summed E-state index contributed by atoms with van der Waals surface area (Å²) in [6.45, 7) is 1.58. The molecule has 0 atom stereocenters. The van der Waals surface area contributed by atoms with Crippen molar-refractivity contribution in [3.8, 4) is 0 Å². The smallest absolute Gasteiger partial charge is 0.253 e. The van der Waals surface area contributed by atoms with Gasteiger partial charge in [0.1, 0.15) is 5.82 Å². The summed E-state index contributed by atoms with van der Waals surface area (Å²) >= 11 is 0. The number of sulfone groups is 1. The summed E-state index contributed by atoms with van der Waals surface area (Å²) in [4.78, 5) is 14.7. The molecule has 2 heterocycles. The van der Waals surface area contributed by atoms with Crippen LogP contribution in [0.2, 0.25) is 0 Å². The normalized spacial score (nSPS) is 18.7. The van der Waals surface area contributed by atoms with Crippen LogP contribution in [0.4, 0.5) is 4.39 Å². The fourth-order valence-electron chi connectivity index (χ4n) is 4.22. The third-order valence-electron chi connectivity index (χ3n) is 6.11. The van der Waals surface area contributed by atoms with E-state index in [1.165, 1.54) is 40.7 Å². The number of carbonyl (C=O) groups is 1. The van der Waals surface area contributed by atoms with Gasteiger partial charge in [-0.3, -0.25) is 4.79 Å². The van der Waals surface area contributed by atoms with Gasteiger partial charge in [0.25, 0.3) is 5.91 Å². The Morgan fingerprint density at radius 2 is 1.31 bits per heavy atom. The zero-order valence-electron chi connectivity index (χ0n) is 17.5. The number of hydrogen-bond acceptors (Lipinski definition) is 5. The first kappa shape index (κ1) is 22.9. The third-order valence-corrected chi connectivity index (χ3v) is 10.3. The molecular weight excluding hydrogens is 455 g/mol. The first-order chi connectivity index (χ1) is 15.2. The van der Waals surface area contributed by atoms with Crippen molar-refractivity contribution in [2.75, 3.05) is 26.2 Å². The van der Waals surface area contributed by atoms with Crippen LogP contribution in [0.15, 0.2) is 58.3 Å². The zero-order valence-corrected chi connectivity index (χ0v) is 19.1. The fourth-order valence-corrected chi connectivity index (χ4v) is 7.46. The number of likely N-dealkylation sites (tertiary alicyclic amines) is 1. The van der Waals surface area contributed by atoms with Gasteiger partial charge in [-0.2, -0.15) is 4.31 Å². The predicted molar refractivity (Wildman–Crippen MR) is 117 cm³/mol. The van der Waals surface area contributed by atoms with Crippen LogP contribution < -0.4 is 0 Å². The van der Waals surface area contributed by atoms with E-state index in [4.69, 9.17) is 0 Å². The number of carbonyl (C=O) groups excluding carboxylic acids is 1. The lowest BCUT2D eigenvalue weighted by atomic mass is 10.1. The van der Waals surface area contributed by atoms with Crippen LogP contribution in [0.1, 0.15) is 36.0 Å². The summed E-state index contributed by atoms with van der Waals surface area (Å²) in [5, 5.41) is -0.634. The third kappa shape index (κ3) is 4.44. The number of benzene rings is 2. The fraction of sp³-hybridized carbons (Fsp3) is 0.409. The van der Waals surface area contributed by atoms with Crippen LogP contribution >= 0.6 is 0 Å². The second kappa shape index (κ2) is 8.92. The van der Waals surface area contributed by atoms with Crippen LogP contribution in [0, 0.1) is 5.82 Å². The molecule has 0 bridgehead atoms. The first-order valence-electron chi connectivity index (χ1n) is 10.6. The minimum absolute atomic E-state index is 0.0819. The Hall–Kier alpha value is -2.30. The minimum Gasteiger partial charge on any atom is -0.339 e. The molecular formula is C22H25FN2O5S2. The molecule has 2 fully saturated rings. The Balaban J connectivity index is 1.40. The lowest BCUT2D eigenvalue weighted by Crippen LogP contribution is -2.42. The summed E-state index contributed by atoms with van der Waals surface area (Å²) in [5.74, 6) is -0.753. The molecule has 0 saturated carbocycles. The van der Waals surface area contributed by atoms with E-state index in [-0.39, 0.29) is 41.6 Å². The highest BCUT2D eigenvalue weighted by Crippen LogP contribution is 2.26. The Kier molecular flexibility index (Phi) is 6.37. The van der Waals surface area contributed by atoms with E-state index in [1.54, 1.807) is 4.90 Å². The minimum atomic E-state index is -3.60. The lowest BCUT2D eigenvalue weighted by Gasteiger charge is -2.32. The van der Waals surface area contributed by atoms with E-state index in [9.17, 15) is 26.0 Å².